The Bertz CT molecular complexity index is 571. The molecule has 2 aliphatic rings. The fourth-order valence-electron chi connectivity index (χ4n) is 4.15. The monoisotopic (exact) mass is 343 g/mol. The van der Waals surface area contributed by atoms with Gasteiger partial charge in [-0.25, -0.2) is 4.79 Å². The number of nitrogens with one attached hydrogen (secondary N) is 1. The van der Waals surface area contributed by atoms with E-state index in [0.717, 1.165) is 43.1 Å². The first-order chi connectivity index (χ1) is 12.1. The van der Waals surface area contributed by atoms with Gasteiger partial charge in [0.2, 0.25) is 0 Å². The first-order valence-electron chi connectivity index (χ1n) is 9.97. The van der Waals surface area contributed by atoms with Crippen LogP contribution in [0.4, 0.5) is 10.5 Å². The van der Waals surface area contributed by atoms with Gasteiger partial charge in [-0.2, -0.15) is 0 Å². The molecule has 0 aromatic heterocycles. The molecule has 0 bridgehead atoms. The number of rotatable bonds is 3. The molecule has 2 saturated heterocycles. The molecule has 3 rings (SSSR count). The maximum Gasteiger partial charge on any atom is 0.321 e. The van der Waals surface area contributed by atoms with Crippen molar-refractivity contribution in [2.45, 2.75) is 52.4 Å². The van der Waals surface area contributed by atoms with Gasteiger partial charge in [0.1, 0.15) is 0 Å². The van der Waals surface area contributed by atoms with E-state index in [4.69, 9.17) is 0 Å². The summed E-state index contributed by atoms with van der Waals surface area (Å²) in [5.41, 5.74) is 3.29. The standard InChI is InChI=1S/C21H33N3O/c1-17-7-8-20(18(2)15-17)22-21(25)24-13-9-19(10-14-24)16-23-11-5-3-4-6-12-23/h7-8,15,19H,3-6,9-14,16H2,1-2H3,(H,22,25). The summed E-state index contributed by atoms with van der Waals surface area (Å²) in [5.74, 6) is 0.753. The smallest absolute Gasteiger partial charge is 0.321 e. The van der Waals surface area contributed by atoms with Crippen LogP contribution in [0.5, 0.6) is 0 Å². The molecule has 2 amide bonds. The number of carbonyl (C=O) groups is 1. The van der Waals surface area contributed by atoms with E-state index < -0.39 is 0 Å². The first-order valence-corrected chi connectivity index (χ1v) is 9.97. The summed E-state index contributed by atoms with van der Waals surface area (Å²) in [5, 5.41) is 3.09. The topological polar surface area (TPSA) is 35.6 Å². The van der Waals surface area contributed by atoms with Crippen molar-refractivity contribution in [3.05, 3.63) is 29.3 Å². The molecule has 4 nitrogen and oxygen atoms in total. The highest BCUT2D eigenvalue weighted by atomic mass is 16.2. The summed E-state index contributed by atoms with van der Waals surface area (Å²) in [6.07, 6.45) is 7.78. The van der Waals surface area contributed by atoms with Crippen molar-refractivity contribution in [1.29, 1.82) is 0 Å². The molecule has 1 aromatic rings. The van der Waals surface area contributed by atoms with Crippen LogP contribution in [0.15, 0.2) is 18.2 Å². The van der Waals surface area contributed by atoms with Gasteiger partial charge in [0.15, 0.2) is 0 Å². The zero-order valence-electron chi connectivity index (χ0n) is 15.9. The lowest BCUT2D eigenvalue weighted by molar-refractivity contribution is 0.155. The number of benzene rings is 1. The summed E-state index contributed by atoms with van der Waals surface area (Å²) in [6.45, 7) is 9.67. The van der Waals surface area contributed by atoms with Gasteiger partial charge < -0.3 is 15.1 Å². The molecule has 0 unspecified atom stereocenters. The minimum atomic E-state index is 0.0557. The van der Waals surface area contributed by atoms with Crippen molar-refractivity contribution in [1.82, 2.24) is 9.80 Å². The minimum absolute atomic E-state index is 0.0557. The summed E-state index contributed by atoms with van der Waals surface area (Å²) in [7, 11) is 0. The Morgan fingerprint density at radius 2 is 1.72 bits per heavy atom. The molecule has 0 atom stereocenters. The van der Waals surface area contributed by atoms with Crippen LogP contribution in [0.2, 0.25) is 0 Å². The number of anilines is 1. The highest BCUT2D eigenvalue weighted by Gasteiger charge is 2.24. The lowest BCUT2D eigenvalue weighted by Gasteiger charge is -2.34. The number of aryl methyl sites for hydroxylation is 2. The molecule has 0 saturated carbocycles. The molecule has 0 radical (unpaired) electrons. The number of carbonyl (C=O) groups excluding carboxylic acids is 1. The van der Waals surface area contributed by atoms with Crippen LogP contribution in [0.25, 0.3) is 0 Å². The van der Waals surface area contributed by atoms with Gasteiger partial charge in [-0.1, -0.05) is 30.5 Å². The van der Waals surface area contributed by atoms with Crippen LogP contribution >= 0.6 is 0 Å². The normalized spacial score (nSPS) is 20.3. The molecule has 0 aliphatic carbocycles. The van der Waals surface area contributed by atoms with E-state index in [9.17, 15) is 4.79 Å². The van der Waals surface area contributed by atoms with Gasteiger partial charge in [-0.05, 0) is 70.2 Å². The van der Waals surface area contributed by atoms with E-state index in [1.807, 2.05) is 11.0 Å². The van der Waals surface area contributed by atoms with Gasteiger partial charge in [0.25, 0.3) is 0 Å². The largest absolute Gasteiger partial charge is 0.325 e. The number of likely N-dealkylation sites (tertiary alicyclic amines) is 2. The molecule has 4 heteroatoms. The van der Waals surface area contributed by atoms with Crippen LogP contribution in [-0.2, 0) is 0 Å². The van der Waals surface area contributed by atoms with Crippen molar-refractivity contribution in [3.8, 4) is 0 Å². The second-order valence-electron chi connectivity index (χ2n) is 7.89. The van der Waals surface area contributed by atoms with E-state index in [2.05, 4.69) is 36.2 Å². The highest BCUT2D eigenvalue weighted by molar-refractivity contribution is 5.90. The van der Waals surface area contributed by atoms with Crippen molar-refractivity contribution in [2.75, 3.05) is 38.0 Å². The highest BCUT2D eigenvalue weighted by Crippen LogP contribution is 2.22. The lowest BCUT2D eigenvalue weighted by atomic mass is 9.96. The van der Waals surface area contributed by atoms with Crippen molar-refractivity contribution < 1.29 is 4.79 Å². The molecule has 1 aromatic carbocycles. The second kappa shape index (κ2) is 8.70. The summed E-state index contributed by atoms with van der Waals surface area (Å²) >= 11 is 0. The molecular weight excluding hydrogens is 310 g/mol. The lowest BCUT2D eigenvalue weighted by Crippen LogP contribution is -2.43. The van der Waals surface area contributed by atoms with E-state index in [0.29, 0.717) is 0 Å². The fourth-order valence-corrected chi connectivity index (χ4v) is 4.15. The number of hydrogen-bond donors (Lipinski definition) is 1. The SMILES string of the molecule is Cc1ccc(NC(=O)N2CCC(CN3CCCCCC3)CC2)c(C)c1. The van der Waals surface area contributed by atoms with Crippen molar-refractivity contribution >= 4 is 11.7 Å². The van der Waals surface area contributed by atoms with Gasteiger partial charge in [0, 0.05) is 25.3 Å². The average Bonchev–Trinajstić information content (AvgIpc) is 2.87. The molecule has 0 spiro atoms. The number of urea groups is 1. The quantitative estimate of drug-likeness (QED) is 0.881. The Balaban J connectivity index is 1.45. The Kier molecular flexibility index (Phi) is 6.35. The average molecular weight is 344 g/mol. The van der Waals surface area contributed by atoms with E-state index in [1.54, 1.807) is 0 Å². The molecule has 25 heavy (non-hydrogen) atoms. The van der Waals surface area contributed by atoms with Gasteiger partial charge in [0.05, 0.1) is 0 Å². The molecule has 1 N–H and O–H groups in total. The Morgan fingerprint density at radius 3 is 2.36 bits per heavy atom. The van der Waals surface area contributed by atoms with Crippen molar-refractivity contribution in [3.63, 3.8) is 0 Å². The van der Waals surface area contributed by atoms with Gasteiger partial charge >= 0.3 is 6.03 Å². The van der Waals surface area contributed by atoms with Crippen LogP contribution < -0.4 is 5.32 Å². The van der Waals surface area contributed by atoms with Crippen molar-refractivity contribution in [2.24, 2.45) is 5.92 Å². The van der Waals surface area contributed by atoms with Crippen LogP contribution in [0.1, 0.15) is 49.7 Å². The van der Waals surface area contributed by atoms with Crippen LogP contribution in [0.3, 0.4) is 0 Å². The van der Waals surface area contributed by atoms with Gasteiger partial charge in [-0.3, -0.25) is 0 Å². The third-order valence-corrected chi connectivity index (χ3v) is 5.74. The molecule has 2 fully saturated rings. The third-order valence-electron chi connectivity index (χ3n) is 5.74. The Hall–Kier alpha value is -1.55. The second-order valence-corrected chi connectivity index (χ2v) is 7.89. The third kappa shape index (κ3) is 5.21. The minimum Gasteiger partial charge on any atom is -0.325 e. The predicted molar refractivity (Wildman–Crippen MR) is 104 cm³/mol. The Labute approximate surface area is 152 Å². The van der Waals surface area contributed by atoms with Crippen LogP contribution in [0, 0.1) is 19.8 Å². The number of hydrogen-bond acceptors (Lipinski definition) is 2. The van der Waals surface area contributed by atoms with Gasteiger partial charge in [-0.15, -0.1) is 0 Å². The molecular formula is C21H33N3O. The Morgan fingerprint density at radius 1 is 1.04 bits per heavy atom. The first kappa shape index (κ1) is 18.2. The molecule has 2 heterocycles. The summed E-state index contributed by atoms with van der Waals surface area (Å²) in [4.78, 5) is 17.2. The van der Waals surface area contributed by atoms with E-state index >= 15 is 0 Å². The number of nitrogens with zero attached hydrogens (tertiary/aromatic N) is 2. The zero-order valence-corrected chi connectivity index (χ0v) is 15.9. The van der Waals surface area contributed by atoms with E-state index in [-0.39, 0.29) is 6.03 Å². The maximum absolute atomic E-state index is 12.6. The maximum atomic E-state index is 12.6. The van der Waals surface area contributed by atoms with Crippen LogP contribution in [-0.4, -0.2) is 48.6 Å². The zero-order chi connectivity index (χ0) is 17.6. The number of piperidine rings is 1. The van der Waals surface area contributed by atoms with E-state index in [1.165, 1.54) is 50.9 Å². The molecule has 138 valence electrons. The summed E-state index contributed by atoms with van der Waals surface area (Å²) < 4.78 is 0. The molecule has 2 aliphatic heterocycles. The predicted octanol–water partition coefficient (Wildman–Crippen LogP) is 4.42. The fraction of sp³-hybridized carbons (Fsp3) is 0.667. The summed E-state index contributed by atoms with van der Waals surface area (Å²) in [6, 6.07) is 6.23. The number of amides is 2.